The summed E-state index contributed by atoms with van der Waals surface area (Å²) in [5.41, 5.74) is 0. The molecule has 16 heavy (non-hydrogen) atoms. The average Bonchev–Trinajstić information content (AvgIpc) is 2.78. The fraction of sp³-hybridized carbons (Fsp3) is 0.583. The first-order valence-electron chi connectivity index (χ1n) is 5.61. The molecule has 1 heterocycles. The van der Waals surface area contributed by atoms with Crippen molar-refractivity contribution in [3.63, 3.8) is 0 Å². The molecule has 2 rings (SSSR count). The zero-order valence-corrected chi connectivity index (χ0v) is 9.77. The molecule has 1 aliphatic rings. The molecule has 2 atom stereocenters. The fourth-order valence-electron chi connectivity index (χ4n) is 2.08. The molecule has 4 nitrogen and oxygen atoms in total. The molecule has 0 spiro atoms. The summed E-state index contributed by atoms with van der Waals surface area (Å²) in [6, 6.07) is 4.34. The van der Waals surface area contributed by atoms with Crippen LogP contribution in [0.25, 0.3) is 0 Å². The Balaban J connectivity index is 1.89. The molecule has 88 valence electrons. The zero-order valence-electron chi connectivity index (χ0n) is 9.77. The Labute approximate surface area is 96.0 Å². The highest BCUT2D eigenvalue weighted by molar-refractivity contribution is 5.38. The summed E-state index contributed by atoms with van der Waals surface area (Å²) in [6.07, 6.45) is 5.46. The van der Waals surface area contributed by atoms with E-state index in [0.717, 1.165) is 30.8 Å². The molecule has 0 aliphatic heterocycles. The number of methoxy groups -OCH3 is 2. The van der Waals surface area contributed by atoms with E-state index in [-0.39, 0.29) is 0 Å². The highest BCUT2D eigenvalue weighted by Crippen LogP contribution is 2.24. The van der Waals surface area contributed by atoms with Gasteiger partial charge >= 0.3 is 0 Å². The zero-order chi connectivity index (χ0) is 11.4. The molecular formula is C12H18N2O2. The van der Waals surface area contributed by atoms with E-state index in [2.05, 4.69) is 10.3 Å². The number of pyridine rings is 1. The first-order chi connectivity index (χ1) is 7.81. The number of aromatic nitrogens is 1. The minimum absolute atomic E-state index is 0.399. The number of anilines is 1. The normalized spacial score (nSPS) is 24.4. The molecule has 1 aromatic rings. The molecule has 1 aliphatic carbocycles. The largest absolute Gasteiger partial charge is 0.495 e. The number of nitrogens with zero attached hydrogens (tertiary/aromatic N) is 1. The van der Waals surface area contributed by atoms with E-state index in [4.69, 9.17) is 9.47 Å². The van der Waals surface area contributed by atoms with Crippen LogP contribution in [0.4, 0.5) is 5.82 Å². The van der Waals surface area contributed by atoms with Crippen LogP contribution in [0.5, 0.6) is 5.75 Å². The first-order valence-corrected chi connectivity index (χ1v) is 5.61. The van der Waals surface area contributed by atoms with Crippen molar-refractivity contribution in [3.05, 3.63) is 18.3 Å². The molecule has 0 aromatic carbocycles. The van der Waals surface area contributed by atoms with Gasteiger partial charge in [-0.25, -0.2) is 4.98 Å². The topological polar surface area (TPSA) is 43.4 Å². The smallest absolute Gasteiger partial charge is 0.137 e. The number of ether oxygens (including phenoxy) is 2. The maximum absolute atomic E-state index is 5.34. The molecule has 4 heteroatoms. The average molecular weight is 222 g/mol. The van der Waals surface area contributed by atoms with Crippen LogP contribution in [0.3, 0.4) is 0 Å². The van der Waals surface area contributed by atoms with Gasteiger partial charge in [0.25, 0.3) is 0 Å². The van der Waals surface area contributed by atoms with Crippen LogP contribution in [0, 0.1) is 0 Å². The van der Waals surface area contributed by atoms with Crippen molar-refractivity contribution >= 4 is 5.82 Å². The van der Waals surface area contributed by atoms with Gasteiger partial charge in [-0.15, -0.1) is 0 Å². The van der Waals surface area contributed by atoms with E-state index in [9.17, 15) is 0 Å². The Kier molecular flexibility index (Phi) is 3.62. The highest BCUT2D eigenvalue weighted by atomic mass is 16.5. The van der Waals surface area contributed by atoms with Crippen molar-refractivity contribution < 1.29 is 9.47 Å². The Morgan fingerprint density at radius 3 is 2.75 bits per heavy atom. The molecule has 0 bridgehead atoms. The van der Waals surface area contributed by atoms with Gasteiger partial charge in [0.1, 0.15) is 11.6 Å². The molecule has 1 fully saturated rings. The second-order valence-electron chi connectivity index (χ2n) is 4.10. The maximum atomic E-state index is 5.34. The monoisotopic (exact) mass is 222 g/mol. The van der Waals surface area contributed by atoms with Gasteiger partial charge in [0.2, 0.25) is 0 Å². The Morgan fingerprint density at radius 1 is 1.31 bits per heavy atom. The lowest BCUT2D eigenvalue weighted by atomic mass is 10.2. The van der Waals surface area contributed by atoms with Crippen molar-refractivity contribution in [2.75, 3.05) is 19.5 Å². The minimum Gasteiger partial charge on any atom is -0.495 e. The molecule has 2 unspecified atom stereocenters. The Morgan fingerprint density at radius 2 is 2.19 bits per heavy atom. The number of nitrogens with one attached hydrogen (secondary N) is 1. The molecule has 1 N–H and O–H groups in total. The second-order valence-corrected chi connectivity index (χ2v) is 4.10. The summed E-state index contributed by atoms with van der Waals surface area (Å²) in [5, 5.41) is 3.41. The summed E-state index contributed by atoms with van der Waals surface area (Å²) in [4.78, 5) is 4.29. The fourth-order valence-corrected chi connectivity index (χ4v) is 2.08. The van der Waals surface area contributed by atoms with Gasteiger partial charge in [-0.05, 0) is 31.4 Å². The van der Waals surface area contributed by atoms with E-state index in [1.54, 1.807) is 20.4 Å². The lowest BCUT2D eigenvalue weighted by molar-refractivity contribution is 0.108. The number of rotatable bonds is 4. The summed E-state index contributed by atoms with van der Waals surface area (Å²) >= 11 is 0. The molecule has 0 amide bonds. The second kappa shape index (κ2) is 5.16. The highest BCUT2D eigenvalue weighted by Gasteiger charge is 2.24. The third-order valence-electron chi connectivity index (χ3n) is 3.04. The SMILES string of the molecule is COc1ccc(NC2CCC(OC)C2)nc1. The van der Waals surface area contributed by atoms with Crippen molar-refractivity contribution in [2.45, 2.75) is 31.4 Å². The van der Waals surface area contributed by atoms with Crippen molar-refractivity contribution in [1.82, 2.24) is 4.98 Å². The molecule has 1 saturated carbocycles. The van der Waals surface area contributed by atoms with E-state index in [1.165, 1.54) is 0 Å². The van der Waals surface area contributed by atoms with Crippen LogP contribution < -0.4 is 10.1 Å². The van der Waals surface area contributed by atoms with Gasteiger partial charge < -0.3 is 14.8 Å². The van der Waals surface area contributed by atoms with Crippen LogP contribution in [-0.2, 0) is 4.74 Å². The van der Waals surface area contributed by atoms with E-state index >= 15 is 0 Å². The van der Waals surface area contributed by atoms with Gasteiger partial charge in [-0.1, -0.05) is 0 Å². The summed E-state index contributed by atoms with van der Waals surface area (Å²) in [5.74, 6) is 1.69. The molecule has 0 radical (unpaired) electrons. The van der Waals surface area contributed by atoms with Crippen LogP contribution in [0.2, 0.25) is 0 Å². The van der Waals surface area contributed by atoms with Crippen LogP contribution in [0.1, 0.15) is 19.3 Å². The summed E-state index contributed by atoms with van der Waals surface area (Å²) in [6.45, 7) is 0. The van der Waals surface area contributed by atoms with Crippen molar-refractivity contribution in [1.29, 1.82) is 0 Å². The van der Waals surface area contributed by atoms with Gasteiger partial charge in [0, 0.05) is 13.2 Å². The third kappa shape index (κ3) is 2.64. The molecular weight excluding hydrogens is 204 g/mol. The van der Waals surface area contributed by atoms with Gasteiger partial charge in [-0.2, -0.15) is 0 Å². The van der Waals surface area contributed by atoms with Gasteiger partial charge in [-0.3, -0.25) is 0 Å². The number of hydrogen-bond donors (Lipinski definition) is 1. The lowest BCUT2D eigenvalue weighted by Gasteiger charge is -2.13. The predicted octanol–water partition coefficient (Wildman–Crippen LogP) is 2.07. The van der Waals surface area contributed by atoms with Crippen molar-refractivity contribution in [3.8, 4) is 5.75 Å². The van der Waals surface area contributed by atoms with E-state index < -0.39 is 0 Å². The molecule has 1 aromatic heterocycles. The number of hydrogen-bond acceptors (Lipinski definition) is 4. The summed E-state index contributed by atoms with van der Waals surface area (Å²) in [7, 11) is 3.42. The Bertz CT molecular complexity index is 326. The third-order valence-corrected chi connectivity index (χ3v) is 3.04. The van der Waals surface area contributed by atoms with Crippen LogP contribution >= 0.6 is 0 Å². The van der Waals surface area contributed by atoms with Gasteiger partial charge in [0.15, 0.2) is 0 Å². The standard InChI is InChI=1S/C12H18N2O2/c1-15-10-4-3-9(7-10)14-12-6-5-11(16-2)8-13-12/h5-6,8-10H,3-4,7H2,1-2H3,(H,13,14). The Hall–Kier alpha value is -1.29. The minimum atomic E-state index is 0.399. The van der Waals surface area contributed by atoms with E-state index in [0.29, 0.717) is 12.1 Å². The molecule has 0 saturated heterocycles. The van der Waals surface area contributed by atoms with Gasteiger partial charge in [0.05, 0.1) is 19.4 Å². The summed E-state index contributed by atoms with van der Waals surface area (Å²) < 4.78 is 10.4. The lowest BCUT2D eigenvalue weighted by Crippen LogP contribution is -2.17. The quantitative estimate of drug-likeness (QED) is 0.847. The van der Waals surface area contributed by atoms with Crippen LogP contribution in [0.15, 0.2) is 18.3 Å². The van der Waals surface area contributed by atoms with Crippen molar-refractivity contribution in [2.24, 2.45) is 0 Å². The van der Waals surface area contributed by atoms with E-state index in [1.807, 2.05) is 12.1 Å². The first kappa shape index (κ1) is 11.2. The van der Waals surface area contributed by atoms with Crippen LogP contribution in [-0.4, -0.2) is 31.3 Å². The maximum Gasteiger partial charge on any atom is 0.137 e. The predicted molar refractivity (Wildman–Crippen MR) is 62.8 cm³/mol.